The van der Waals surface area contributed by atoms with E-state index in [0.29, 0.717) is 16.8 Å². The molecule has 1 heterocycles. The lowest BCUT2D eigenvalue weighted by atomic mass is 10.0. The fourth-order valence-electron chi connectivity index (χ4n) is 2.82. The lowest BCUT2D eigenvalue weighted by Crippen LogP contribution is -2.51. The Balaban J connectivity index is 2.26. The average molecular weight is 367 g/mol. The van der Waals surface area contributed by atoms with Crippen LogP contribution in [0.25, 0.3) is 0 Å². The minimum absolute atomic E-state index is 0.220. The van der Waals surface area contributed by atoms with Crippen molar-refractivity contribution in [2.75, 3.05) is 20.2 Å². The number of amides is 2. The summed E-state index contributed by atoms with van der Waals surface area (Å²) in [7, 11) is 1.76. The number of halogens is 2. The summed E-state index contributed by atoms with van der Waals surface area (Å²) in [5, 5.41) is 5.27. The number of carbonyl (C=O) groups excluding carboxylic acids is 2. The number of hydrogen-bond acceptors (Lipinski definition) is 4. The second-order valence-corrected chi connectivity index (χ2v) is 6.20. The number of ether oxygens (including phenoxy) is 1. The fraction of sp³-hybridized carbons (Fsp3) is 0.444. The number of carbonyl (C=O) groups is 2. The zero-order valence-electron chi connectivity index (χ0n) is 15.2. The van der Waals surface area contributed by atoms with Gasteiger partial charge in [0, 0.05) is 18.3 Å². The summed E-state index contributed by atoms with van der Waals surface area (Å²) in [5.74, 6) is -2.33. The van der Waals surface area contributed by atoms with E-state index in [9.17, 15) is 18.4 Å². The molecule has 1 aliphatic rings. The average Bonchev–Trinajstić information content (AvgIpc) is 2.56. The van der Waals surface area contributed by atoms with E-state index < -0.39 is 29.7 Å². The Hall–Kier alpha value is -2.48. The number of urea groups is 1. The molecule has 1 aromatic rings. The van der Waals surface area contributed by atoms with Gasteiger partial charge in [-0.15, -0.1) is 0 Å². The molecule has 2 atom stereocenters. The summed E-state index contributed by atoms with van der Waals surface area (Å²) in [5.41, 5.74) is 1.35. The summed E-state index contributed by atoms with van der Waals surface area (Å²) >= 11 is 0. The third-order valence-electron chi connectivity index (χ3n) is 4.36. The Morgan fingerprint density at radius 3 is 2.65 bits per heavy atom. The highest BCUT2D eigenvalue weighted by Crippen LogP contribution is 2.23. The van der Waals surface area contributed by atoms with Gasteiger partial charge in [-0.05, 0) is 45.5 Å². The van der Waals surface area contributed by atoms with Gasteiger partial charge >= 0.3 is 12.0 Å². The molecule has 2 amide bonds. The highest BCUT2D eigenvalue weighted by molar-refractivity contribution is 5.94. The smallest absolute Gasteiger partial charge is 0.337 e. The largest absolute Gasteiger partial charge is 0.463 e. The Kier molecular flexibility index (Phi) is 6.31. The first kappa shape index (κ1) is 19.8. The van der Waals surface area contributed by atoms with Gasteiger partial charge in [0.05, 0.1) is 18.2 Å². The van der Waals surface area contributed by atoms with Crippen molar-refractivity contribution < 1.29 is 23.1 Å². The van der Waals surface area contributed by atoms with Crippen LogP contribution < -0.4 is 10.6 Å². The second-order valence-electron chi connectivity index (χ2n) is 6.20. The molecule has 0 spiro atoms. The fourth-order valence-corrected chi connectivity index (χ4v) is 2.82. The van der Waals surface area contributed by atoms with Crippen molar-refractivity contribution in [3.8, 4) is 0 Å². The summed E-state index contributed by atoms with van der Waals surface area (Å²) in [4.78, 5) is 25.9. The molecule has 0 saturated carbocycles. The molecule has 0 aromatic heterocycles. The SMILES string of the molecule is CCOC(=O)C1=C(CN(C)[C@@H](C)c2ccc(F)c(F)c2)NC(=O)N[C@@H]1C. The molecule has 2 rings (SSSR count). The summed E-state index contributed by atoms with van der Waals surface area (Å²) in [6, 6.07) is 2.54. The number of rotatable bonds is 6. The molecule has 0 radical (unpaired) electrons. The molecule has 26 heavy (non-hydrogen) atoms. The van der Waals surface area contributed by atoms with E-state index in [2.05, 4.69) is 10.6 Å². The van der Waals surface area contributed by atoms with Gasteiger partial charge in [0.15, 0.2) is 11.6 Å². The number of nitrogens with zero attached hydrogens (tertiary/aromatic N) is 1. The van der Waals surface area contributed by atoms with Crippen LogP contribution in [0.3, 0.4) is 0 Å². The lowest BCUT2D eigenvalue weighted by Gasteiger charge is -2.31. The second kappa shape index (κ2) is 8.27. The first-order chi connectivity index (χ1) is 12.2. The molecule has 142 valence electrons. The van der Waals surface area contributed by atoms with E-state index in [1.807, 2.05) is 11.8 Å². The number of benzene rings is 1. The van der Waals surface area contributed by atoms with Gasteiger partial charge in [-0.1, -0.05) is 6.07 Å². The van der Waals surface area contributed by atoms with Crippen LogP contribution in [0.15, 0.2) is 29.5 Å². The third kappa shape index (κ3) is 4.37. The van der Waals surface area contributed by atoms with E-state index >= 15 is 0 Å². The van der Waals surface area contributed by atoms with Gasteiger partial charge in [0.25, 0.3) is 0 Å². The molecule has 6 nitrogen and oxygen atoms in total. The maximum atomic E-state index is 13.5. The molecule has 8 heteroatoms. The third-order valence-corrected chi connectivity index (χ3v) is 4.36. The number of nitrogens with one attached hydrogen (secondary N) is 2. The first-order valence-corrected chi connectivity index (χ1v) is 8.37. The Morgan fingerprint density at radius 2 is 2.04 bits per heavy atom. The molecular formula is C18H23F2N3O3. The van der Waals surface area contributed by atoms with Crippen molar-refractivity contribution in [3.63, 3.8) is 0 Å². The van der Waals surface area contributed by atoms with Crippen LogP contribution in [0.4, 0.5) is 13.6 Å². The summed E-state index contributed by atoms with van der Waals surface area (Å²) < 4.78 is 31.7. The van der Waals surface area contributed by atoms with Gasteiger partial charge in [0.2, 0.25) is 0 Å². The van der Waals surface area contributed by atoms with Crippen LogP contribution in [-0.4, -0.2) is 43.1 Å². The van der Waals surface area contributed by atoms with E-state index in [1.165, 1.54) is 6.07 Å². The molecule has 0 saturated heterocycles. The maximum absolute atomic E-state index is 13.5. The van der Waals surface area contributed by atoms with Crippen molar-refractivity contribution >= 4 is 12.0 Å². The number of hydrogen-bond donors (Lipinski definition) is 2. The van der Waals surface area contributed by atoms with Crippen LogP contribution in [0, 0.1) is 11.6 Å². The molecule has 0 bridgehead atoms. The Labute approximate surface area is 151 Å². The van der Waals surface area contributed by atoms with Crippen LogP contribution >= 0.6 is 0 Å². The Bertz CT molecular complexity index is 736. The maximum Gasteiger partial charge on any atom is 0.337 e. The van der Waals surface area contributed by atoms with Crippen LogP contribution in [-0.2, 0) is 9.53 Å². The van der Waals surface area contributed by atoms with E-state index in [4.69, 9.17) is 4.74 Å². The predicted molar refractivity (Wildman–Crippen MR) is 92.2 cm³/mol. The van der Waals surface area contributed by atoms with E-state index in [-0.39, 0.29) is 19.2 Å². The van der Waals surface area contributed by atoms with E-state index in [0.717, 1.165) is 12.1 Å². The number of esters is 1. The molecule has 1 aromatic carbocycles. The van der Waals surface area contributed by atoms with Gasteiger partial charge in [0.1, 0.15) is 0 Å². The zero-order chi connectivity index (χ0) is 19.4. The molecule has 0 fully saturated rings. The van der Waals surface area contributed by atoms with E-state index in [1.54, 1.807) is 20.9 Å². The zero-order valence-corrected chi connectivity index (χ0v) is 15.2. The normalized spacial score (nSPS) is 18.4. The van der Waals surface area contributed by atoms with Crippen molar-refractivity contribution in [2.24, 2.45) is 0 Å². The van der Waals surface area contributed by atoms with Crippen molar-refractivity contribution in [2.45, 2.75) is 32.9 Å². The van der Waals surface area contributed by atoms with Gasteiger partial charge in [-0.2, -0.15) is 0 Å². The summed E-state index contributed by atoms with van der Waals surface area (Å²) in [6.45, 7) is 5.67. The first-order valence-electron chi connectivity index (χ1n) is 8.37. The Morgan fingerprint density at radius 1 is 1.35 bits per heavy atom. The van der Waals surface area contributed by atoms with Crippen molar-refractivity contribution in [3.05, 3.63) is 46.7 Å². The molecule has 0 unspecified atom stereocenters. The minimum atomic E-state index is -0.919. The predicted octanol–water partition coefficient (Wildman–Crippen LogP) is 2.48. The van der Waals surface area contributed by atoms with Crippen LogP contribution in [0.5, 0.6) is 0 Å². The van der Waals surface area contributed by atoms with Crippen molar-refractivity contribution in [1.29, 1.82) is 0 Å². The highest BCUT2D eigenvalue weighted by atomic mass is 19.2. The quantitative estimate of drug-likeness (QED) is 0.758. The van der Waals surface area contributed by atoms with Crippen LogP contribution in [0.1, 0.15) is 32.4 Å². The summed E-state index contributed by atoms with van der Waals surface area (Å²) in [6.07, 6.45) is 0. The number of likely N-dealkylation sites (N-methyl/N-ethyl adjacent to an activating group) is 1. The van der Waals surface area contributed by atoms with Gasteiger partial charge in [-0.3, -0.25) is 4.90 Å². The van der Waals surface area contributed by atoms with Crippen molar-refractivity contribution in [1.82, 2.24) is 15.5 Å². The van der Waals surface area contributed by atoms with Gasteiger partial charge < -0.3 is 15.4 Å². The van der Waals surface area contributed by atoms with Gasteiger partial charge in [-0.25, -0.2) is 18.4 Å². The molecular weight excluding hydrogens is 344 g/mol. The van der Waals surface area contributed by atoms with Crippen LogP contribution in [0.2, 0.25) is 0 Å². The monoisotopic (exact) mass is 367 g/mol. The highest BCUT2D eigenvalue weighted by Gasteiger charge is 2.30. The lowest BCUT2D eigenvalue weighted by molar-refractivity contribution is -0.139. The molecule has 2 N–H and O–H groups in total. The topological polar surface area (TPSA) is 70.7 Å². The molecule has 0 aliphatic carbocycles. The molecule has 1 aliphatic heterocycles. The standard InChI is InChI=1S/C18H23F2N3O3/c1-5-26-17(24)16-10(2)21-18(25)22-15(16)9-23(4)11(3)12-6-7-13(19)14(20)8-12/h6-8,10-11H,5,9H2,1-4H3,(H2,21,22,25)/t10-,11+/m1/s1. The minimum Gasteiger partial charge on any atom is -0.463 e.